The van der Waals surface area contributed by atoms with Crippen molar-refractivity contribution in [3.05, 3.63) is 64.9 Å². The fourth-order valence-electron chi connectivity index (χ4n) is 3.71. The number of amides is 2. The van der Waals surface area contributed by atoms with Gasteiger partial charge in [0, 0.05) is 31.1 Å². The number of halogens is 2. The molecule has 2 aromatic carbocycles. The van der Waals surface area contributed by atoms with Crippen LogP contribution in [0.15, 0.2) is 48.5 Å². The predicted molar refractivity (Wildman–Crippen MR) is 137 cm³/mol. The van der Waals surface area contributed by atoms with Gasteiger partial charge in [0.25, 0.3) is 0 Å². The summed E-state index contributed by atoms with van der Waals surface area (Å²) < 4.78 is 39.8. The fourth-order valence-corrected chi connectivity index (χ4v) is 4.80. The summed E-state index contributed by atoms with van der Waals surface area (Å²) in [6, 6.07) is 12.0. The molecule has 1 N–H and O–H groups in total. The molecule has 2 rings (SSSR count). The number of hydrogen-bond acceptors (Lipinski definition) is 4. The van der Waals surface area contributed by atoms with Crippen LogP contribution in [-0.2, 0) is 26.2 Å². The van der Waals surface area contributed by atoms with Crippen molar-refractivity contribution in [3.63, 3.8) is 0 Å². The molecule has 7 nitrogen and oxygen atoms in total. The number of anilines is 1. The summed E-state index contributed by atoms with van der Waals surface area (Å²) >= 11 is 5.98. The van der Waals surface area contributed by atoms with E-state index in [0.29, 0.717) is 18.0 Å². The van der Waals surface area contributed by atoms with Gasteiger partial charge in [0.15, 0.2) is 0 Å². The second-order valence-electron chi connectivity index (χ2n) is 8.25. The van der Waals surface area contributed by atoms with E-state index in [1.807, 2.05) is 13.8 Å². The quantitative estimate of drug-likeness (QED) is 0.421. The van der Waals surface area contributed by atoms with Gasteiger partial charge < -0.3 is 10.2 Å². The molecule has 1 atom stereocenters. The van der Waals surface area contributed by atoms with Gasteiger partial charge in [0.05, 0.1) is 11.9 Å². The molecule has 0 fully saturated rings. The standard InChI is InChI=1S/C25H33ClFN3O4S/c1-4-16-28-25(32)22(5-2)29(18-19-12-14-20(26)15-13-19)24(31)11-8-17-30(35(3,33)34)23-10-7-6-9-21(23)27/h6-7,9-10,12-15,22H,4-5,8,11,16-18H2,1-3H3,(H,28,32). The molecule has 0 saturated carbocycles. The highest BCUT2D eigenvalue weighted by atomic mass is 35.5. The van der Waals surface area contributed by atoms with Gasteiger partial charge in [-0.1, -0.05) is 49.7 Å². The Hall–Kier alpha value is -2.65. The summed E-state index contributed by atoms with van der Waals surface area (Å²) in [6.45, 7) is 4.42. The monoisotopic (exact) mass is 525 g/mol. The molecular weight excluding hydrogens is 493 g/mol. The molecule has 2 aromatic rings. The maximum atomic E-state index is 14.3. The van der Waals surface area contributed by atoms with Crippen molar-refractivity contribution in [3.8, 4) is 0 Å². The van der Waals surface area contributed by atoms with Crippen LogP contribution in [0.2, 0.25) is 5.02 Å². The van der Waals surface area contributed by atoms with E-state index in [9.17, 15) is 22.4 Å². The van der Waals surface area contributed by atoms with Gasteiger partial charge >= 0.3 is 0 Å². The highest BCUT2D eigenvalue weighted by Crippen LogP contribution is 2.22. The van der Waals surface area contributed by atoms with Crippen molar-refractivity contribution in [2.24, 2.45) is 0 Å². The third-order valence-electron chi connectivity index (χ3n) is 5.47. The number of nitrogens with one attached hydrogen (secondary N) is 1. The first-order valence-corrected chi connectivity index (χ1v) is 13.8. The number of hydrogen-bond donors (Lipinski definition) is 1. The number of carbonyl (C=O) groups excluding carboxylic acids is 2. The zero-order valence-electron chi connectivity index (χ0n) is 20.3. The molecular formula is C25H33ClFN3O4S. The van der Waals surface area contributed by atoms with Gasteiger partial charge in [-0.15, -0.1) is 0 Å². The van der Waals surface area contributed by atoms with Gasteiger partial charge in [-0.3, -0.25) is 13.9 Å². The number of para-hydroxylation sites is 1. The highest BCUT2D eigenvalue weighted by molar-refractivity contribution is 7.92. The summed E-state index contributed by atoms with van der Waals surface area (Å²) in [4.78, 5) is 27.6. The molecule has 192 valence electrons. The maximum Gasteiger partial charge on any atom is 0.242 e. The average molecular weight is 526 g/mol. The van der Waals surface area contributed by atoms with Gasteiger partial charge in [-0.2, -0.15) is 0 Å². The number of benzene rings is 2. The number of rotatable bonds is 13. The third-order valence-corrected chi connectivity index (χ3v) is 6.91. The lowest BCUT2D eigenvalue weighted by Gasteiger charge is -2.31. The number of sulfonamides is 1. The lowest BCUT2D eigenvalue weighted by atomic mass is 10.1. The van der Waals surface area contributed by atoms with Crippen LogP contribution >= 0.6 is 11.6 Å². The van der Waals surface area contributed by atoms with E-state index in [0.717, 1.165) is 22.5 Å². The van der Waals surface area contributed by atoms with E-state index in [1.54, 1.807) is 30.3 Å². The van der Waals surface area contributed by atoms with Crippen LogP contribution in [0.3, 0.4) is 0 Å². The first kappa shape index (κ1) is 28.6. The fraction of sp³-hybridized carbons (Fsp3) is 0.440. The van der Waals surface area contributed by atoms with Crippen molar-refractivity contribution < 1.29 is 22.4 Å². The molecule has 0 aromatic heterocycles. The van der Waals surface area contributed by atoms with E-state index in [-0.39, 0.29) is 43.4 Å². The molecule has 2 amide bonds. The van der Waals surface area contributed by atoms with E-state index in [1.165, 1.54) is 23.1 Å². The molecule has 0 aliphatic rings. The second-order valence-corrected chi connectivity index (χ2v) is 10.6. The molecule has 1 unspecified atom stereocenters. The van der Waals surface area contributed by atoms with Gasteiger partial charge in [-0.05, 0) is 49.1 Å². The van der Waals surface area contributed by atoms with Crippen molar-refractivity contribution in [1.29, 1.82) is 0 Å². The number of nitrogens with zero attached hydrogens (tertiary/aromatic N) is 2. The minimum absolute atomic E-state index is 0.00831. The lowest BCUT2D eigenvalue weighted by Crippen LogP contribution is -2.49. The summed E-state index contributed by atoms with van der Waals surface area (Å²) in [7, 11) is -3.76. The van der Waals surface area contributed by atoms with Crippen LogP contribution in [0, 0.1) is 5.82 Å². The van der Waals surface area contributed by atoms with Crippen LogP contribution in [0.1, 0.15) is 45.1 Å². The smallest absolute Gasteiger partial charge is 0.242 e. The summed E-state index contributed by atoms with van der Waals surface area (Å²) in [5, 5.41) is 3.42. The zero-order chi connectivity index (χ0) is 26.0. The van der Waals surface area contributed by atoms with Crippen LogP contribution in [0.5, 0.6) is 0 Å². The van der Waals surface area contributed by atoms with Crippen molar-refractivity contribution >= 4 is 39.1 Å². The minimum atomic E-state index is -3.76. The summed E-state index contributed by atoms with van der Waals surface area (Å²) in [5.41, 5.74) is 0.749. The Kier molecular flexibility index (Phi) is 11.0. The SMILES string of the molecule is CCCNC(=O)C(CC)N(Cc1ccc(Cl)cc1)C(=O)CCCN(c1ccccc1F)S(C)(=O)=O. The highest BCUT2D eigenvalue weighted by Gasteiger charge is 2.29. The third kappa shape index (κ3) is 8.50. The minimum Gasteiger partial charge on any atom is -0.354 e. The number of carbonyl (C=O) groups is 2. The van der Waals surface area contributed by atoms with Gasteiger partial charge in [0.2, 0.25) is 21.8 Å². The van der Waals surface area contributed by atoms with Gasteiger partial charge in [0.1, 0.15) is 11.9 Å². The predicted octanol–water partition coefficient (Wildman–Crippen LogP) is 4.36. The molecule has 0 bridgehead atoms. The van der Waals surface area contributed by atoms with Crippen LogP contribution < -0.4 is 9.62 Å². The average Bonchev–Trinajstić information content (AvgIpc) is 2.81. The molecule has 0 aliphatic heterocycles. The molecule has 35 heavy (non-hydrogen) atoms. The van der Waals surface area contributed by atoms with Gasteiger partial charge in [-0.25, -0.2) is 12.8 Å². The van der Waals surface area contributed by atoms with Crippen molar-refractivity contribution in [1.82, 2.24) is 10.2 Å². The summed E-state index contributed by atoms with van der Waals surface area (Å²) in [5.74, 6) is -1.19. The second kappa shape index (κ2) is 13.4. The van der Waals surface area contributed by atoms with E-state index in [2.05, 4.69) is 5.32 Å². The van der Waals surface area contributed by atoms with Crippen molar-refractivity contribution in [2.75, 3.05) is 23.7 Å². The topological polar surface area (TPSA) is 86.8 Å². The van der Waals surface area contributed by atoms with E-state index < -0.39 is 21.9 Å². The lowest BCUT2D eigenvalue weighted by molar-refractivity contribution is -0.141. The normalized spacial score (nSPS) is 12.1. The molecule has 0 heterocycles. The Morgan fingerprint density at radius 2 is 1.74 bits per heavy atom. The Balaban J connectivity index is 2.20. The Morgan fingerprint density at radius 1 is 1.09 bits per heavy atom. The van der Waals surface area contributed by atoms with E-state index in [4.69, 9.17) is 11.6 Å². The molecule has 0 saturated heterocycles. The first-order valence-electron chi connectivity index (χ1n) is 11.6. The van der Waals surface area contributed by atoms with Crippen molar-refractivity contribution in [2.45, 2.75) is 52.1 Å². The van der Waals surface area contributed by atoms with E-state index >= 15 is 0 Å². The van der Waals surface area contributed by atoms with Crippen LogP contribution in [-0.4, -0.2) is 50.5 Å². The van der Waals surface area contributed by atoms with Crippen LogP contribution in [0.25, 0.3) is 0 Å². The van der Waals surface area contributed by atoms with Crippen LogP contribution in [0.4, 0.5) is 10.1 Å². The largest absolute Gasteiger partial charge is 0.354 e. The molecule has 10 heteroatoms. The Bertz CT molecular complexity index is 1100. The first-order chi connectivity index (χ1) is 16.6. The Morgan fingerprint density at radius 3 is 2.31 bits per heavy atom. The molecule has 0 aliphatic carbocycles. The molecule has 0 radical (unpaired) electrons. The molecule has 0 spiro atoms. The zero-order valence-corrected chi connectivity index (χ0v) is 21.9. The Labute approximate surface area is 212 Å². The maximum absolute atomic E-state index is 14.3. The summed E-state index contributed by atoms with van der Waals surface area (Å²) in [6.07, 6.45) is 2.33.